The van der Waals surface area contributed by atoms with Gasteiger partial charge in [-0.2, -0.15) is 0 Å². The monoisotopic (exact) mass is 791 g/mol. The fourth-order valence-electron chi connectivity index (χ4n) is 8.40. The Balaban J connectivity index is 1.09. The van der Waals surface area contributed by atoms with Crippen LogP contribution in [0.15, 0.2) is 61.1 Å². The number of hydrogen-bond donors (Lipinski definition) is 4. The maximum atomic E-state index is 13.7. The lowest BCUT2D eigenvalue weighted by Crippen LogP contribution is -2.51. The molecule has 4 amide bonds. The number of hydrogen-bond acceptors (Lipinski definition) is 8. The number of aromatic nitrogens is 5. The number of imidazole rings is 2. The first-order chi connectivity index (χ1) is 27.9. The second-order valence-electron chi connectivity index (χ2n) is 15.9. The molecule has 0 radical (unpaired) electrons. The molecule has 4 N–H and O–H groups in total. The SMILES string of the molecule is COC(=O)NC(C(=O)N1CCCC1c1ncc(-c2ccc(-c3ccc(-c4cnc(C5CCCN5C(=O)C(NC(=O)OC)C(C)C)[nH]4)c4c3ccn4C)cc2)[nH]1)C(C)C. The molecule has 5 aromatic rings. The number of methoxy groups -OCH3 is 2. The maximum absolute atomic E-state index is 13.7. The Morgan fingerprint density at radius 3 is 1.69 bits per heavy atom. The Labute approximate surface area is 337 Å². The molecule has 2 fully saturated rings. The number of nitrogens with one attached hydrogen (secondary N) is 4. The van der Waals surface area contributed by atoms with Crippen molar-refractivity contribution < 1.29 is 28.7 Å². The predicted molar refractivity (Wildman–Crippen MR) is 219 cm³/mol. The number of likely N-dealkylation sites (tertiary alicyclic amines) is 2. The summed E-state index contributed by atoms with van der Waals surface area (Å²) in [5.41, 5.74) is 6.86. The van der Waals surface area contributed by atoms with Crippen LogP contribution in [-0.4, -0.2) is 97.7 Å². The Morgan fingerprint density at radius 2 is 1.17 bits per heavy atom. The molecule has 2 aliphatic heterocycles. The number of carbonyl (C=O) groups is 4. The van der Waals surface area contributed by atoms with Crippen LogP contribution in [0.2, 0.25) is 0 Å². The van der Waals surface area contributed by atoms with Crippen molar-refractivity contribution >= 4 is 34.9 Å². The summed E-state index contributed by atoms with van der Waals surface area (Å²) in [7, 11) is 4.61. The van der Waals surface area contributed by atoms with E-state index in [2.05, 4.69) is 73.8 Å². The summed E-state index contributed by atoms with van der Waals surface area (Å²) in [6.45, 7) is 8.78. The van der Waals surface area contributed by atoms with Crippen LogP contribution in [0.5, 0.6) is 0 Å². The number of rotatable bonds is 11. The quantitative estimate of drug-likeness (QED) is 0.114. The van der Waals surface area contributed by atoms with Gasteiger partial charge in [0.15, 0.2) is 0 Å². The fourth-order valence-corrected chi connectivity index (χ4v) is 8.40. The Bertz CT molecular complexity index is 2290. The molecule has 0 aliphatic carbocycles. The van der Waals surface area contributed by atoms with Crippen LogP contribution in [0.4, 0.5) is 9.59 Å². The van der Waals surface area contributed by atoms with E-state index in [-0.39, 0.29) is 35.7 Å². The molecule has 15 heteroatoms. The van der Waals surface area contributed by atoms with Gasteiger partial charge in [0.25, 0.3) is 0 Å². The van der Waals surface area contributed by atoms with Crippen molar-refractivity contribution in [2.75, 3.05) is 27.3 Å². The smallest absolute Gasteiger partial charge is 0.407 e. The lowest BCUT2D eigenvalue weighted by molar-refractivity contribution is -0.136. The molecule has 2 aliphatic rings. The Hall–Kier alpha value is -6.12. The van der Waals surface area contributed by atoms with Crippen LogP contribution in [0.25, 0.3) is 44.5 Å². The third kappa shape index (κ3) is 7.77. The highest BCUT2D eigenvalue weighted by Crippen LogP contribution is 2.39. The number of aryl methyl sites for hydroxylation is 1. The van der Waals surface area contributed by atoms with Crippen molar-refractivity contribution in [2.45, 2.75) is 77.5 Å². The van der Waals surface area contributed by atoms with E-state index in [1.807, 2.05) is 56.9 Å². The number of carbonyl (C=O) groups excluding carboxylic acids is 4. The third-order valence-corrected chi connectivity index (χ3v) is 11.5. The van der Waals surface area contributed by atoms with Gasteiger partial charge in [-0.15, -0.1) is 0 Å². The molecule has 0 spiro atoms. The minimum Gasteiger partial charge on any atom is -0.453 e. The van der Waals surface area contributed by atoms with E-state index in [1.54, 1.807) is 0 Å². The molecule has 2 saturated heterocycles. The van der Waals surface area contributed by atoms with Gasteiger partial charge >= 0.3 is 12.2 Å². The molecule has 15 nitrogen and oxygen atoms in total. The number of nitrogens with zero attached hydrogens (tertiary/aromatic N) is 5. The summed E-state index contributed by atoms with van der Waals surface area (Å²) < 4.78 is 11.7. The summed E-state index contributed by atoms with van der Waals surface area (Å²) >= 11 is 0. The normalized spacial score (nSPS) is 17.9. The minimum atomic E-state index is -0.703. The topological polar surface area (TPSA) is 180 Å². The van der Waals surface area contributed by atoms with E-state index < -0.39 is 24.3 Å². The van der Waals surface area contributed by atoms with Gasteiger partial charge < -0.3 is 44.4 Å². The van der Waals surface area contributed by atoms with E-state index in [9.17, 15) is 19.2 Å². The number of H-pyrrole nitrogens is 2. The molecule has 4 unspecified atom stereocenters. The zero-order valence-corrected chi connectivity index (χ0v) is 34.2. The number of benzene rings is 2. The molecule has 5 heterocycles. The molecule has 2 aromatic carbocycles. The maximum Gasteiger partial charge on any atom is 0.407 e. The first-order valence-electron chi connectivity index (χ1n) is 20.0. The van der Waals surface area contributed by atoms with Gasteiger partial charge in [-0.1, -0.05) is 64.1 Å². The zero-order valence-electron chi connectivity index (χ0n) is 34.2. The standard InChI is InChI=1S/C43H53N9O6/c1-24(2)35(48-42(55)57-6)40(53)51-19-8-10-33(51)38-44-22-31(46-38)27-14-12-26(13-15-27)28-16-17-30(37-29(28)18-21-50(37)5)32-23-45-39(47-32)34-11-9-20-52(34)41(54)36(25(3)4)49-43(56)58-7/h12-18,21-25,33-36H,8-11,19-20H2,1-7H3,(H,44,46)(H,45,47)(H,48,55)(H,49,56). The van der Waals surface area contributed by atoms with E-state index in [1.165, 1.54) is 14.2 Å². The molecule has 7 rings (SSSR count). The first-order valence-corrected chi connectivity index (χ1v) is 20.0. The summed E-state index contributed by atoms with van der Waals surface area (Å²) in [6, 6.07) is 12.9. The van der Waals surface area contributed by atoms with Gasteiger partial charge in [0.1, 0.15) is 23.7 Å². The fraction of sp³-hybridized carbons (Fsp3) is 0.442. The average molecular weight is 792 g/mol. The molecule has 306 valence electrons. The van der Waals surface area contributed by atoms with Gasteiger partial charge in [-0.25, -0.2) is 19.6 Å². The largest absolute Gasteiger partial charge is 0.453 e. The molecular formula is C43H53N9O6. The Morgan fingerprint density at radius 1 is 0.690 bits per heavy atom. The Kier molecular flexibility index (Phi) is 11.6. The minimum absolute atomic E-state index is 0.111. The second kappa shape index (κ2) is 16.8. The van der Waals surface area contributed by atoms with Crippen LogP contribution in [0.3, 0.4) is 0 Å². The third-order valence-electron chi connectivity index (χ3n) is 11.5. The summed E-state index contributed by atoms with van der Waals surface area (Å²) in [5, 5.41) is 6.50. The molecule has 58 heavy (non-hydrogen) atoms. The highest BCUT2D eigenvalue weighted by atomic mass is 16.5. The molecular weight excluding hydrogens is 739 g/mol. The lowest BCUT2D eigenvalue weighted by Gasteiger charge is -2.30. The second-order valence-corrected chi connectivity index (χ2v) is 15.9. The number of aromatic amines is 2. The number of amides is 4. The average Bonchev–Trinajstić information content (AvgIpc) is 4.08. The predicted octanol–water partition coefficient (Wildman–Crippen LogP) is 6.71. The van der Waals surface area contributed by atoms with Crippen LogP contribution >= 0.6 is 0 Å². The van der Waals surface area contributed by atoms with Crippen molar-refractivity contribution in [2.24, 2.45) is 18.9 Å². The van der Waals surface area contributed by atoms with Crippen LogP contribution in [0, 0.1) is 11.8 Å². The van der Waals surface area contributed by atoms with E-state index >= 15 is 0 Å². The number of fused-ring (bicyclic) bond motifs is 1. The van der Waals surface area contributed by atoms with E-state index in [4.69, 9.17) is 19.4 Å². The van der Waals surface area contributed by atoms with Crippen LogP contribution < -0.4 is 10.6 Å². The van der Waals surface area contributed by atoms with Gasteiger partial charge in [-0.3, -0.25) is 9.59 Å². The molecule has 4 atom stereocenters. The summed E-state index contributed by atoms with van der Waals surface area (Å²) in [4.78, 5) is 71.5. The highest BCUT2D eigenvalue weighted by Gasteiger charge is 2.39. The molecule has 0 saturated carbocycles. The van der Waals surface area contributed by atoms with Crippen LogP contribution in [-0.2, 0) is 26.1 Å². The van der Waals surface area contributed by atoms with Gasteiger partial charge in [0.05, 0.1) is 55.6 Å². The summed E-state index contributed by atoms with van der Waals surface area (Å²) in [5.74, 6) is 0.917. The van der Waals surface area contributed by atoms with Gasteiger partial charge in [0, 0.05) is 37.3 Å². The lowest BCUT2D eigenvalue weighted by atomic mass is 9.97. The van der Waals surface area contributed by atoms with Crippen molar-refractivity contribution in [3.8, 4) is 33.6 Å². The number of alkyl carbamates (subject to hydrolysis) is 2. The van der Waals surface area contributed by atoms with E-state index in [0.717, 1.165) is 76.1 Å². The van der Waals surface area contributed by atoms with Crippen molar-refractivity contribution in [1.29, 1.82) is 0 Å². The molecule has 0 bridgehead atoms. The zero-order chi connectivity index (χ0) is 41.2. The highest BCUT2D eigenvalue weighted by molar-refractivity contribution is 6.03. The van der Waals surface area contributed by atoms with Gasteiger partial charge in [-0.05, 0) is 60.3 Å². The summed E-state index contributed by atoms with van der Waals surface area (Å²) in [6.07, 6.45) is 7.66. The van der Waals surface area contributed by atoms with E-state index in [0.29, 0.717) is 18.9 Å². The van der Waals surface area contributed by atoms with Crippen LogP contribution in [0.1, 0.15) is 77.1 Å². The number of ether oxygens (including phenoxy) is 2. The first kappa shape index (κ1) is 40.1. The van der Waals surface area contributed by atoms with Gasteiger partial charge in [0.2, 0.25) is 11.8 Å². The van der Waals surface area contributed by atoms with Crippen molar-refractivity contribution in [3.05, 3.63) is 72.7 Å². The molecule has 3 aromatic heterocycles. The van der Waals surface area contributed by atoms with Crippen molar-refractivity contribution in [3.63, 3.8) is 0 Å². The van der Waals surface area contributed by atoms with Crippen molar-refractivity contribution in [1.82, 2.24) is 44.9 Å².